The Labute approximate surface area is 104 Å². The molecule has 2 fully saturated rings. The molecule has 98 valence electrons. The number of nitrogens with one attached hydrogen (secondary N) is 1. The lowest BCUT2D eigenvalue weighted by Gasteiger charge is -2.18. The lowest BCUT2D eigenvalue weighted by Crippen LogP contribution is -2.33. The summed E-state index contributed by atoms with van der Waals surface area (Å²) in [5.74, 6) is 1.72. The summed E-state index contributed by atoms with van der Waals surface area (Å²) in [5.41, 5.74) is -0.766. The van der Waals surface area contributed by atoms with Crippen molar-refractivity contribution in [3.63, 3.8) is 0 Å². The summed E-state index contributed by atoms with van der Waals surface area (Å²) in [5, 5.41) is 9.96. The molecular formula is C13H18N2O3. The van der Waals surface area contributed by atoms with Gasteiger partial charge in [0.1, 0.15) is 0 Å². The van der Waals surface area contributed by atoms with E-state index in [4.69, 9.17) is 0 Å². The molecule has 3 rings (SSSR count). The Morgan fingerprint density at radius 1 is 1.28 bits per heavy atom. The van der Waals surface area contributed by atoms with Crippen LogP contribution < -0.4 is 11.2 Å². The second-order valence-electron chi connectivity index (χ2n) is 5.66. The molecule has 0 radical (unpaired) electrons. The van der Waals surface area contributed by atoms with E-state index in [1.54, 1.807) is 0 Å². The van der Waals surface area contributed by atoms with Crippen molar-refractivity contribution in [3.05, 3.63) is 26.4 Å². The highest BCUT2D eigenvalue weighted by atomic mass is 16.3. The second-order valence-corrected chi connectivity index (χ2v) is 5.66. The van der Waals surface area contributed by atoms with Crippen molar-refractivity contribution in [2.45, 2.75) is 39.2 Å². The Balaban J connectivity index is 1.94. The van der Waals surface area contributed by atoms with Gasteiger partial charge in [-0.1, -0.05) is 0 Å². The number of nitrogens with zero attached hydrogens (tertiary/aromatic N) is 1. The number of aromatic amines is 1. The van der Waals surface area contributed by atoms with E-state index in [0.29, 0.717) is 24.3 Å². The van der Waals surface area contributed by atoms with Crippen molar-refractivity contribution < 1.29 is 5.11 Å². The largest absolute Gasteiger partial charge is 0.494 e. The zero-order chi connectivity index (χ0) is 12.9. The van der Waals surface area contributed by atoms with E-state index in [2.05, 4.69) is 4.98 Å². The van der Waals surface area contributed by atoms with Crippen LogP contribution in [-0.2, 0) is 6.54 Å². The van der Waals surface area contributed by atoms with Crippen LogP contribution in [0.1, 0.15) is 31.2 Å². The lowest BCUT2D eigenvalue weighted by molar-refractivity contribution is 0.307. The summed E-state index contributed by atoms with van der Waals surface area (Å²) in [4.78, 5) is 25.4. The first-order valence-corrected chi connectivity index (χ1v) is 6.60. The van der Waals surface area contributed by atoms with Crippen LogP contribution in [0, 0.1) is 24.7 Å². The van der Waals surface area contributed by atoms with Gasteiger partial charge in [-0.15, -0.1) is 0 Å². The fraction of sp³-hybridized carbons (Fsp3) is 0.692. The van der Waals surface area contributed by atoms with Crippen LogP contribution >= 0.6 is 0 Å². The van der Waals surface area contributed by atoms with Gasteiger partial charge in [0.2, 0.25) is 5.88 Å². The van der Waals surface area contributed by atoms with Crippen molar-refractivity contribution >= 4 is 0 Å². The number of hydrogen-bond acceptors (Lipinski definition) is 3. The lowest BCUT2D eigenvalue weighted by atomic mass is 9.98. The Kier molecular flexibility index (Phi) is 2.57. The quantitative estimate of drug-likeness (QED) is 0.836. The number of aromatic hydroxyl groups is 1. The Morgan fingerprint density at radius 2 is 1.83 bits per heavy atom. The molecule has 2 saturated carbocycles. The Hall–Kier alpha value is -1.52. The maximum Gasteiger partial charge on any atom is 0.331 e. The molecule has 0 saturated heterocycles. The molecule has 0 spiro atoms. The highest BCUT2D eigenvalue weighted by molar-refractivity contribution is 5.20. The normalized spacial score (nSPS) is 19.4. The standard InChI is InChI=1S/C13H18N2O3/c1-7-11(16)14-13(18)15(12(7)17)6-10(8-2-3-8)9-4-5-9/h8-10,17H,2-6H2,1H3,(H,14,16,18). The first kappa shape index (κ1) is 11.6. The van der Waals surface area contributed by atoms with Crippen LogP contribution in [0.3, 0.4) is 0 Å². The minimum atomic E-state index is -0.497. The topological polar surface area (TPSA) is 75.1 Å². The summed E-state index contributed by atoms with van der Waals surface area (Å²) in [6, 6.07) is 0. The maximum absolute atomic E-state index is 11.8. The van der Waals surface area contributed by atoms with E-state index >= 15 is 0 Å². The second kappa shape index (κ2) is 4.00. The zero-order valence-electron chi connectivity index (χ0n) is 10.5. The molecule has 0 atom stereocenters. The molecule has 0 amide bonds. The molecule has 2 N–H and O–H groups in total. The highest BCUT2D eigenvalue weighted by Gasteiger charge is 2.41. The Morgan fingerprint density at radius 3 is 2.33 bits per heavy atom. The summed E-state index contributed by atoms with van der Waals surface area (Å²) >= 11 is 0. The first-order chi connectivity index (χ1) is 8.58. The van der Waals surface area contributed by atoms with Crippen LogP contribution in [0.4, 0.5) is 0 Å². The van der Waals surface area contributed by atoms with E-state index < -0.39 is 11.2 Å². The molecule has 1 aromatic rings. The van der Waals surface area contributed by atoms with E-state index in [1.807, 2.05) is 0 Å². The number of hydrogen-bond donors (Lipinski definition) is 2. The minimum absolute atomic E-state index is 0.171. The van der Waals surface area contributed by atoms with Crippen LogP contribution in [0.2, 0.25) is 0 Å². The summed E-state index contributed by atoms with van der Waals surface area (Å²) in [6.07, 6.45) is 4.94. The van der Waals surface area contributed by atoms with Crippen molar-refractivity contribution in [2.75, 3.05) is 0 Å². The van der Waals surface area contributed by atoms with Gasteiger partial charge in [-0.3, -0.25) is 14.3 Å². The van der Waals surface area contributed by atoms with Crippen LogP contribution in [0.15, 0.2) is 9.59 Å². The predicted molar refractivity (Wildman–Crippen MR) is 66.7 cm³/mol. The van der Waals surface area contributed by atoms with E-state index in [0.717, 1.165) is 0 Å². The summed E-state index contributed by atoms with van der Waals surface area (Å²) in [6.45, 7) is 2.07. The SMILES string of the molecule is Cc1c(O)n(CC(C2CC2)C2CC2)c(=O)[nH]c1=O. The molecular weight excluding hydrogens is 232 g/mol. The van der Waals surface area contributed by atoms with Crippen LogP contribution in [0.25, 0.3) is 0 Å². The molecule has 5 nitrogen and oxygen atoms in total. The van der Waals surface area contributed by atoms with Crippen LogP contribution in [-0.4, -0.2) is 14.7 Å². The number of aromatic nitrogens is 2. The summed E-state index contributed by atoms with van der Waals surface area (Å²) in [7, 11) is 0. The van der Waals surface area contributed by atoms with Gasteiger partial charge in [0.05, 0.1) is 5.56 Å². The van der Waals surface area contributed by atoms with Crippen LogP contribution in [0.5, 0.6) is 5.88 Å². The van der Waals surface area contributed by atoms with E-state index in [-0.39, 0.29) is 11.4 Å². The molecule has 0 bridgehead atoms. The van der Waals surface area contributed by atoms with Gasteiger partial charge in [0, 0.05) is 6.54 Å². The Bertz CT molecular complexity index is 567. The first-order valence-electron chi connectivity index (χ1n) is 6.60. The minimum Gasteiger partial charge on any atom is -0.494 e. The van der Waals surface area contributed by atoms with Crippen molar-refractivity contribution in [2.24, 2.45) is 17.8 Å². The zero-order valence-corrected chi connectivity index (χ0v) is 10.5. The third kappa shape index (κ3) is 1.98. The van der Waals surface area contributed by atoms with Gasteiger partial charge < -0.3 is 5.11 Å². The average molecular weight is 250 g/mol. The molecule has 0 aliphatic heterocycles. The van der Waals surface area contributed by atoms with Crippen molar-refractivity contribution in [1.82, 2.24) is 9.55 Å². The summed E-state index contributed by atoms with van der Waals surface area (Å²) < 4.78 is 1.33. The van der Waals surface area contributed by atoms with E-state index in [9.17, 15) is 14.7 Å². The molecule has 0 unspecified atom stereocenters. The third-order valence-electron chi connectivity index (χ3n) is 4.25. The molecule has 2 aliphatic rings. The molecule has 1 aromatic heterocycles. The fourth-order valence-electron chi connectivity index (χ4n) is 2.77. The smallest absolute Gasteiger partial charge is 0.331 e. The number of H-pyrrole nitrogens is 1. The van der Waals surface area contributed by atoms with Crippen molar-refractivity contribution in [3.8, 4) is 5.88 Å². The highest BCUT2D eigenvalue weighted by Crippen LogP contribution is 2.49. The molecule has 18 heavy (non-hydrogen) atoms. The fourth-order valence-corrected chi connectivity index (χ4v) is 2.77. The van der Waals surface area contributed by atoms with Gasteiger partial charge in [0.25, 0.3) is 5.56 Å². The van der Waals surface area contributed by atoms with E-state index in [1.165, 1.54) is 37.2 Å². The predicted octanol–water partition coefficient (Wildman–Crippen LogP) is 0.987. The maximum atomic E-state index is 11.8. The third-order valence-corrected chi connectivity index (χ3v) is 4.25. The van der Waals surface area contributed by atoms with Gasteiger partial charge in [-0.05, 0) is 50.4 Å². The average Bonchev–Trinajstić information content (AvgIpc) is 3.17. The molecule has 2 aliphatic carbocycles. The monoisotopic (exact) mass is 250 g/mol. The molecule has 5 heteroatoms. The molecule has 1 heterocycles. The van der Waals surface area contributed by atoms with Gasteiger partial charge in [0.15, 0.2) is 0 Å². The number of rotatable bonds is 4. The van der Waals surface area contributed by atoms with Gasteiger partial charge in [-0.2, -0.15) is 0 Å². The van der Waals surface area contributed by atoms with Gasteiger partial charge >= 0.3 is 5.69 Å². The van der Waals surface area contributed by atoms with Gasteiger partial charge in [-0.25, -0.2) is 4.79 Å². The van der Waals surface area contributed by atoms with Crippen molar-refractivity contribution in [1.29, 1.82) is 0 Å². The molecule has 0 aromatic carbocycles.